The van der Waals surface area contributed by atoms with Gasteiger partial charge in [-0.1, -0.05) is 33.6 Å². The van der Waals surface area contributed by atoms with Crippen LogP contribution in [0, 0.1) is 13.8 Å². The highest BCUT2D eigenvalue weighted by molar-refractivity contribution is 9.10. The Kier molecular flexibility index (Phi) is 4.03. The summed E-state index contributed by atoms with van der Waals surface area (Å²) >= 11 is 3.45. The molecule has 3 nitrogen and oxygen atoms in total. The molecule has 3 rings (SSSR count). The first-order valence-corrected chi connectivity index (χ1v) is 7.85. The van der Waals surface area contributed by atoms with Gasteiger partial charge in [0, 0.05) is 21.1 Å². The zero-order valence-corrected chi connectivity index (χ0v) is 14.0. The van der Waals surface area contributed by atoms with Gasteiger partial charge in [0.1, 0.15) is 5.58 Å². The highest BCUT2D eigenvalue weighted by Gasteiger charge is 2.12. The lowest BCUT2D eigenvalue weighted by Gasteiger charge is -2.08. The highest BCUT2D eigenvalue weighted by Crippen LogP contribution is 2.25. The first kappa shape index (κ1) is 14.9. The predicted molar refractivity (Wildman–Crippen MR) is 92.2 cm³/mol. The summed E-state index contributed by atoms with van der Waals surface area (Å²) < 4.78 is 6.46. The lowest BCUT2D eigenvalue weighted by molar-refractivity contribution is -0.115. The van der Waals surface area contributed by atoms with Crippen molar-refractivity contribution in [3.63, 3.8) is 0 Å². The largest absolute Gasteiger partial charge is 0.464 e. The van der Waals surface area contributed by atoms with E-state index in [9.17, 15) is 4.79 Å². The molecule has 4 heteroatoms. The van der Waals surface area contributed by atoms with Gasteiger partial charge < -0.3 is 9.73 Å². The standard InChI is InChI=1S/C18H16BrNO2/c1-11-3-5-16(12(2)7-11)20-18(21)8-13-10-22-17-6-4-14(19)9-15(13)17/h3-7,9-10H,8H2,1-2H3,(H,20,21). The highest BCUT2D eigenvalue weighted by atomic mass is 79.9. The van der Waals surface area contributed by atoms with Gasteiger partial charge in [-0.2, -0.15) is 0 Å². The van der Waals surface area contributed by atoms with Crippen LogP contribution in [0.15, 0.2) is 51.6 Å². The van der Waals surface area contributed by atoms with Gasteiger partial charge in [0.2, 0.25) is 5.91 Å². The fourth-order valence-electron chi connectivity index (χ4n) is 2.51. The van der Waals surface area contributed by atoms with Crippen LogP contribution in [0.5, 0.6) is 0 Å². The molecule has 0 aliphatic heterocycles. The molecule has 0 aliphatic rings. The van der Waals surface area contributed by atoms with Crippen LogP contribution in [-0.4, -0.2) is 5.91 Å². The summed E-state index contributed by atoms with van der Waals surface area (Å²) in [4.78, 5) is 12.3. The van der Waals surface area contributed by atoms with E-state index >= 15 is 0 Å². The lowest BCUT2D eigenvalue weighted by Crippen LogP contribution is -2.15. The molecule has 0 spiro atoms. The Balaban J connectivity index is 1.79. The van der Waals surface area contributed by atoms with Gasteiger partial charge in [0.05, 0.1) is 12.7 Å². The minimum absolute atomic E-state index is 0.0466. The van der Waals surface area contributed by atoms with Crippen LogP contribution in [0.4, 0.5) is 5.69 Å². The zero-order chi connectivity index (χ0) is 15.7. The van der Waals surface area contributed by atoms with E-state index in [0.717, 1.165) is 32.3 Å². The molecule has 0 saturated heterocycles. The maximum absolute atomic E-state index is 12.3. The van der Waals surface area contributed by atoms with Crippen molar-refractivity contribution in [1.29, 1.82) is 0 Å². The number of carbonyl (C=O) groups excluding carboxylic acids is 1. The molecular weight excluding hydrogens is 342 g/mol. The molecule has 1 aromatic heterocycles. The quantitative estimate of drug-likeness (QED) is 0.716. The Hall–Kier alpha value is -2.07. The van der Waals surface area contributed by atoms with Crippen molar-refractivity contribution in [2.45, 2.75) is 20.3 Å². The van der Waals surface area contributed by atoms with Gasteiger partial charge in [-0.3, -0.25) is 4.79 Å². The average molecular weight is 358 g/mol. The molecular formula is C18H16BrNO2. The Morgan fingerprint density at radius 2 is 2.00 bits per heavy atom. The molecule has 1 N–H and O–H groups in total. The first-order valence-electron chi connectivity index (χ1n) is 7.05. The summed E-state index contributed by atoms with van der Waals surface area (Å²) in [7, 11) is 0. The Morgan fingerprint density at radius 1 is 1.18 bits per heavy atom. The minimum Gasteiger partial charge on any atom is -0.464 e. The third-order valence-electron chi connectivity index (χ3n) is 3.62. The smallest absolute Gasteiger partial charge is 0.228 e. The second-order valence-corrected chi connectivity index (χ2v) is 6.36. The molecule has 3 aromatic rings. The SMILES string of the molecule is Cc1ccc(NC(=O)Cc2coc3ccc(Br)cc23)c(C)c1. The second-order valence-electron chi connectivity index (χ2n) is 5.44. The minimum atomic E-state index is -0.0466. The summed E-state index contributed by atoms with van der Waals surface area (Å²) in [5, 5.41) is 3.93. The average Bonchev–Trinajstić information content (AvgIpc) is 2.84. The summed E-state index contributed by atoms with van der Waals surface area (Å²) in [6, 6.07) is 11.8. The van der Waals surface area contributed by atoms with Crippen LogP contribution in [0.1, 0.15) is 16.7 Å². The Bertz CT molecular complexity index is 851. The van der Waals surface area contributed by atoms with E-state index in [1.54, 1.807) is 6.26 Å². The molecule has 1 heterocycles. The predicted octanol–water partition coefficient (Wildman–Crippen LogP) is 4.99. The van der Waals surface area contributed by atoms with Crippen molar-refractivity contribution < 1.29 is 9.21 Å². The molecule has 0 fully saturated rings. The number of nitrogens with one attached hydrogen (secondary N) is 1. The summed E-state index contributed by atoms with van der Waals surface area (Å²) in [5.41, 5.74) is 4.77. The summed E-state index contributed by atoms with van der Waals surface area (Å²) in [6.07, 6.45) is 1.94. The van der Waals surface area contributed by atoms with Gasteiger partial charge in [0.15, 0.2) is 0 Å². The molecule has 0 atom stereocenters. The van der Waals surface area contributed by atoms with Crippen molar-refractivity contribution in [2.24, 2.45) is 0 Å². The van der Waals surface area contributed by atoms with Crippen LogP contribution < -0.4 is 5.32 Å². The maximum atomic E-state index is 12.3. The number of benzene rings is 2. The van der Waals surface area contributed by atoms with E-state index in [4.69, 9.17) is 4.42 Å². The molecule has 22 heavy (non-hydrogen) atoms. The van der Waals surface area contributed by atoms with Crippen LogP contribution >= 0.6 is 15.9 Å². The van der Waals surface area contributed by atoms with E-state index in [-0.39, 0.29) is 12.3 Å². The number of hydrogen-bond donors (Lipinski definition) is 1. The Labute approximate surface area is 137 Å². The first-order chi connectivity index (χ1) is 10.5. The van der Waals surface area contributed by atoms with E-state index in [0.29, 0.717) is 0 Å². The summed E-state index contributed by atoms with van der Waals surface area (Å²) in [5.74, 6) is -0.0466. The van der Waals surface area contributed by atoms with E-state index in [1.807, 2.05) is 44.2 Å². The molecule has 1 amide bonds. The number of amides is 1. The molecule has 0 radical (unpaired) electrons. The third-order valence-corrected chi connectivity index (χ3v) is 4.12. The fourth-order valence-corrected chi connectivity index (χ4v) is 2.87. The number of furan rings is 1. The van der Waals surface area contributed by atoms with Crippen molar-refractivity contribution >= 4 is 38.5 Å². The number of carbonyl (C=O) groups is 1. The van der Waals surface area contributed by atoms with Gasteiger partial charge in [0.25, 0.3) is 0 Å². The number of halogens is 1. The van der Waals surface area contributed by atoms with Gasteiger partial charge in [-0.05, 0) is 43.7 Å². The van der Waals surface area contributed by atoms with E-state index < -0.39 is 0 Å². The fraction of sp³-hybridized carbons (Fsp3) is 0.167. The Morgan fingerprint density at radius 3 is 2.77 bits per heavy atom. The molecule has 0 aliphatic carbocycles. The molecule has 112 valence electrons. The van der Waals surface area contributed by atoms with Gasteiger partial charge in [-0.25, -0.2) is 0 Å². The lowest BCUT2D eigenvalue weighted by atomic mass is 10.1. The van der Waals surface area contributed by atoms with Crippen molar-refractivity contribution in [3.8, 4) is 0 Å². The van der Waals surface area contributed by atoms with E-state index in [1.165, 1.54) is 5.56 Å². The van der Waals surface area contributed by atoms with Crippen LogP contribution in [0.25, 0.3) is 11.0 Å². The van der Waals surface area contributed by atoms with Gasteiger partial charge >= 0.3 is 0 Å². The third kappa shape index (κ3) is 3.07. The molecule has 0 bridgehead atoms. The van der Waals surface area contributed by atoms with Crippen molar-refractivity contribution in [1.82, 2.24) is 0 Å². The van der Waals surface area contributed by atoms with Crippen molar-refractivity contribution in [3.05, 3.63) is 63.8 Å². The van der Waals surface area contributed by atoms with Crippen LogP contribution in [0.3, 0.4) is 0 Å². The van der Waals surface area contributed by atoms with Gasteiger partial charge in [-0.15, -0.1) is 0 Å². The normalized spacial score (nSPS) is 10.9. The molecule has 0 saturated carbocycles. The number of hydrogen-bond acceptors (Lipinski definition) is 2. The van der Waals surface area contributed by atoms with Crippen LogP contribution in [-0.2, 0) is 11.2 Å². The monoisotopic (exact) mass is 357 g/mol. The molecule has 0 unspecified atom stereocenters. The maximum Gasteiger partial charge on any atom is 0.228 e. The van der Waals surface area contributed by atoms with Crippen molar-refractivity contribution in [2.75, 3.05) is 5.32 Å². The zero-order valence-electron chi connectivity index (χ0n) is 12.4. The number of rotatable bonds is 3. The number of aryl methyl sites for hydroxylation is 2. The van der Waals surface area contributed by atoms with Crippen LogP contribution in [0.2, 0.25) is 0 Å². The molecule has 2 aromatic carbocycles. The topological polar surface area (TPSA) is 42.2 Å². The summed E-state index contributed by atoms with van der Waals surface area (Å²) in [6.45, 7) is 4.03. The number of fused-ring (bicyclic) bond motifs is 1. The number of anilines is 1. The second kappa shape index (κ2) is 5.97. The van der Waals surface area contributed by atoms with E-state index in [2.05, 4.69) is 27.3 Å².